The van der Waals surface area contributed by atoms with E-state index >= 15 is 0 Å². The fourth-order valence-corrected chi connectivity index (χ4v) is 5.78. The lowest BCUT2D eigenvalue weighted by Gasteiger charge is -2.25. The van der Waals surface area contributed by atoms with E-state index in [4.69, 9.17) is 4.74 Å². The first-order valence-corrected chi connectivity index (χ1v) is 10.7. The molecule has 0 aliphatic carbocycles. The summed E-state index contributed by atoms with van der Waals surface area (Å²) in [7, 11) is -3.51. The molecule has 0 atom stereocenters. The number of hydrogen-bond donors (Lipinski definition) is 2. The lowest BCUT2D eigenvalue weighted by atomic mass is 10.1. The Kier molecular flexibility index (Phi) is 4.96. The summed E-state index contributed by atoms with van der Waals surface area (Å²) in [6.07, 6.45) is 1.66. The molecule has 0 spiro atoms. The van der Waals surface area contributed by atoms with Crippen LogP contribution < -0.4 is 5.32 Å². The molecule has 3 heterocycles. The van der Waals surface area contributed by atoms with Gasteiger partial charge in [0.05, 0.1) is 37.0 Å². The quantitative estimate of drug-likeness (QED) is 0.669. The van der Waals surface area contributed by atoms with Gasteiger partial charge < -0.3 is 10.1 Å². The number of H-pyrrole nitrogens is 1. The molecular formula is C17H18N4O4S2. The van der Waals surface area contributed by atoms with Crippen molar-refractivity contribution in [3.8, 4) is 0 Å². The molecule has 3 aromatic rings. The maximum Gasteiger partial charge on any atom is 0.253 e. The zero-order chi connectivity index (χ0) is 18.9. The van der Waals surface area contributed by atoms with E-state index in [1.807, 2.05) is 6.07 Å². The third-order valence-electron chi connectivity index (χ3n) is 4.35. The molecule has 27 heavy (non-hydrogen) atoms. The van der Waals surface area contributed by atoms with Gasteiger partial charge in [0.25, 0.3) is 15.9 Å². The fraction of sp³-hybridized carbons (Fsp3) is 0.294. The van der Waals surface area contributed by atoms with E-state index < -0.39 is 10.0 Å². The van der Waals surface area contributed by atoms with E-state index in [0.29, 0.717) is 37.4 Å². The van der Waals surface area contributed by atoms with Crippen LogP contribution >= 0.6 is 11.3 Å². The van der Waals surface area contributed by atoms with Crippen LogP contribution in [0, 0.1) is 0 Å². The number of carbonyl (C=O) groups is 1. The van der Waals surface area contributed by atoms with Gasteiger partial charge in [0.15, 0.2) is 0 Å². The molecule has 4 rings (SSSR count). The maximum atomic E-state index is 12.7. The number of para-hydroxylation sites is 1. The van der Waals surface area contributed by atoms with Crippen molar-refractivity contribution in [3.05, 3.63) is 47.0 Å². The number of nitrogens with zero attached hydrogens (tertiary/aromatic N) is 2. The number of rotatable bonds is 5. The molecule has 1 aliphatic heterocycles. The SMILES string of the molecule is O=C(NCc1ccc(S(=O)(=O)N2CCOCC2)s1)c1cccc2cn[nH]c12. The van der Waals surface area contributed by atoms with Crippen molar-refractivity contribution in [3.63, 3.8) is 0 Å². The summed E-state index contributed by atoms with van der Waals surface area (Å²) in [6, 6.07) is 8.71. The van der Waals surface area contributed by atoms with Gasteiger partial charge in [0.2, 0.25) is 0 Å². The number of ether oxygens (including phenoxy) is 1. The Morgan fingerprint density at radius 3 is 2.89 bits per heavy atom. The molecule has 1 fully saturated rings. The number of morpholine rings is 1. The largest absolute Gasteiger partial charge is 0.379 e. The van der Waals surface area contributed by atoms with Gasteiger partial charge in [-0.1, -0.05) is 12.1 Å². The Bertz CT molecular complexity index is 1070. The number of hydrogen-bond acceptors (Lipinski definition) is 6. The van der Waals surface area contributed by atoms with E-state index in [-0.39, 0.29) is 16.7 Å². The molecular weight excluding hydrogens is 388 g/mol. The van der Waals surface area contributed by atoms with Crippen LogP contribution in [-0.2, 0) is 21.3 Å². The molecule has 10 heteroatoms. The normalized spacial score (nSPS) is 15.9. The summed E-state index contributed by atoms with van der Waals surface area (Å²) in [6.45, 7) is 1.80. The minimum Gasteiger partial charge on any atom is -0.379 e. The smallest absolute Gasteiger partial charge is 0.253 e. The number of fused-ring (bicyclic) bond motifs is 1. The van der Waals surface area contributed by atoms with E-state index in [1.165, 1.54) is 15.6 Å². The van der Waals surface area contributed by atoms with Gasteiger partial charge in [0, 0.05) is 23.4 Å². The average molecular weight is 406 g/mol. The first-order valence-electron chi connectivity index (χ1n) is 8.42. The van der Waals surface area contributed by atoms with Crippen LogP contribution in [0.25, 0.3) is 10.9 Å². The number of nitrogens with one attached hydrogen (secondary N) is 2. The summed E-state index contributed by atoms with van der Waals surface area (Å²) < 4.78 is 32.2. The van der Waals surface area contributed by atoms with Gasteiger partial charge in [-0.3, -0.25) is 9.89 Å². The van der Waals surface area contributed by atoms with Gasteiger partial charge in [0.1, 0.15) is 4.21 Å². The van der Waals surface area contributed by atoms with Crippen LogP contribution in [0.2, 0.25) is 0 Å². The molecule has 2 N–H and O–H groups in total. The summed E-state index contributed by atoms with van der Waals surface area (Å²) in [5, 5.41) is 10.5. The van der Waals surface area contributed by atoms with Gasteiger partial charge >= 0.3 is 0 Å². The topological polar surface area (TPSA) is 104 Å². The lowest BCUT2D eigenvalue weighted by molar-refractivity contribution is 0.0731. The Labute approximate surface area is 160 Å². The van der Waals surface area contributed by atoms with E-state index in [0.717, 1.165) is 10.3 Å². The number of benzene rings is 1. The van der Waals surface area contributed by atoms with E-state index in [9.17, 15) is 13.2 Å². The van der Waals surface area contributed by atoms with Crippen LogP contribution in [0.5, 0.6) is 0 Å². The highest BCUT2D eigenvalue weighted by atomic mass is 32.2. The third kappa shape index (κ3) is 3.61. The molecule has 142 valence electrons. The molecule has 0 bridgehead atoms. The van der Waals surface area contributed by atoms with Crippen molar-refractivity contribution < 1.29 is 17.9 Å². The zero-order valence-corrected chi connectivity index (χ0v) is 16.0. The highest BCUT2D eigenvalue weighted by Crippen LogP contribution is 2.25. The molecule has 0 radical (unpaired) electrons. The molecule has 0 unspecified atom stereocenters. The van der Waals surface area contributed by atoms with E-state index in [2.05, 4.69) is 15.5 Å². The Hall–Kier alpha value is -2.27. The summed E-state index contributed by atoms with van der Waals surface area (Å²) in [5.74, 6) is -0.240. The van der Waals surface area contributed by atoms with Crippen LogP contribution in [0.3, 0.4) is 0 Å². The molecule has 0 saturated carbocycles. The van der Waals surface area contributed by atoms with Gasteiger partial charge in [-0.25, -0.2) is 8.42 Å². The Morgan fingerprint density at radius 2 is 2.07 bits per heavy atom. The van der Waals surface area contributed by atoms with E-state index in [1.54, 1.807) is 30.5 Å². The number of aromatic nitrogens is 2. The van der Waals surface area contributed by atoms with Crippen molar-refractivity contribution in [2.75, 3.05) is 26.3 Å². The van der Waals surface area contributed by atoms with Crippen molar-refractivity contribution in [1.82, 2.24) is 19.8 Å². The second kappa shape index (κ2) is 7.39. The number of carbonyl (C=O) groups excluding carboxylic acids is 1. The maximum absolute atomic E-state index is 12.7. The molecule has 1 aliphatic rings. The lowest BCUT2D eigenvalue weighted by Crippen LogP contribution is -2.40. The summed E-state index contributed by atoms with van der Waals surface area (Å²) >= 11 is 1.17. The summed E-state index contributed by atoms with van der Waals surface area (Å²) in [5.41, 5.74) is 1.18. The predicted molar refractivity (Wildman–Crippen MR) is 101 cm³/mol. The third-order valence-corrected chi connectivity index (χ3v) is 7.80. The van der Waals surface area contributed by atoms with Crippen LogP contribution in [-0.4, -0.2) is 55.1 Å². The Morgan fingerprint density at radius 1 is 1.26 bits per heavy atom. The average Bonchev–Trinajstić information content (AvgIpc) is 3.36. The van der Waals surface area contributed by atoms with Crippen molar-refractivity contribution >= 4 is 38.2 Å². The van der Waals surface area contributed by atoms with Crippen molar-refractivity contribution in [2.45, 2.75) is 10.8 Å². The highest BCUT2D eigenvalue weighted by Gasteiger charge is 2.27. The molecule has 1 amide bonds. The second-order valence-corrected chi connectivity index (χ2v) is 9.39. The molecule has 1 aromatic carbocycles. The first-order chi connectivity index (χ1) is 13.1. The number of amides is 1. The van der Waals surface area contributed by atoms with Crippen LogP contribution in [0.15, 0.2) is 40.7 Å². The second-order valence-electron chi connectivity index (χ2n) is 6.06. The first kappa shape index (κ1) is 18.1. The monoisotopic (exact) mass is 406 g/mol. The van der Waals surface area contributed by atoms with Crippen LogP contribution in [0.1, 0.15) is 15.2 Å². The molecule has 8 nitrogen and oxygen atoms in total. The zero-order valence-electron chi connectivity index (χ0n) is 14.3. The van der Waals surface area contributed by atoms with Gasteiger partial charge in [-0.15, -0.1) is 11.3 Å². The molecule has 2 aromatic heterocycles. The van der Waals surface area contributed by atoms with Crippen molar-refractivity contribution in [1.29, 1.82) is 0 Å². The minimum absolute atomic E-state index is 0.240. The van der Waals surface area contributed by atoms with Crippen LogP contribution in [0.4, 0.5) is 0 Å². The number of aromatic amines is 1. The van der Waals surface area contributed by atoms with Gasteiger partial charge in [-0.05, 0) is 18.2 Å². The fourth-order valence-electron chi connectivity index (χ4n) is 2.93. The van der Waals surface area contributed by atoms with Crippen molar-refractivity contribution in [2.24, 2.45) is 0 Å². The van der Waals surface area contributed by atoms with Gasteiger partial charge in [-0.2, -0.15) is 9.40 Å². The minimum atomic E-state index is -3.51. The molecule has 1 saturated heterocycles. The Balaban J connectivity index is 1.45. The highest BCUT2D eigenvalue weighted by molar-refractivity contribution is 7.91. The standard InChI is InChI=1S/C17H18N4O4S2/c22-17(14-3-1-2-12-10-19-20-16(12)14)18-11-13-4-5-15(26-13)27(23,24)21-6-8-25-9-7-21/h1-5,10H,6-9,11H2,(H,18,22)(H,19,20). The summed E-state index contributed by atoms with van der Waals surface area (Å²) in [4.78, 5) is 13.3. The number of sulfonamides is 1. The predicted octanol–water partition coefficient (Wildman–Crippen LogP) is 1.58. The number of thiophene rings is 1.